The molecule has 1 aliphatic rings. The first-order valence-electron chi connectivity index (χ1n) is 4.19. The van der Waals surface area contributed by atoms with Crippen LogP contribution < -0.4 is 0 Å². The zero-order chi connectivity index (χ0) is 8.54. The first kappa shape index (κ1) is 9.18. The second kappa shape index (κ2) is 2.85. The minimum atomic E-state index is 0.329. The van der Waals surface area contributed by atoms with Crippen molar-refractivity contribution in [3.8, 4) is 0 Å². The zero-order valence-corrected chi connectivity index (χ0v) is 8.63. The fraction of sp³-hybridized carbons (Fsp3) is 0.800. The van der Waals surface area contributed by atoms with E-state index < -0.39 is 0 Å². The smallest absolute Gasteiger partial charge is 0.000503 e. The largest absolute Gasteiger partial charge is 0.161 e. The summed E-state index contributed by atoms with van der Waals surface area (Å²) in [6, 6.07) is 0. The van der Waals surface area contributed by atoms with Crippen LogP contribution >= 0.6 is 11.8 Å². The molecule has 1 fully saturated rings. The number of hydrogen-bond acceptors (Lipinski definition) is 1. The quantitative estimate of drug-likeness (QED) is 0.585. The Balaban J connectivity index is 2.46. The van der Waals surface area contributed by atoms with E-state index in [0.717, 1.165) is 0 Å². The van der Waals surface area contributed by atoms with Gasteiger partial charge in [-0.25, -0.2) is 0 Å². The number of thioether (sulfide) groups is 1. The van der Waals surface area contributed by atoms with Crippen molar-refractivity contribution in [2.24, 2.45) is 10.8 Å². The number of rotatable bonds is 3. The van der Waals surface area contributed by atoms with Crippen LogP contribution in [0, 0.1) is 10.8 Å². The Morgan fingerprint density at radius 2 is 2.09 bits per heavy atom. The van der Waals surface area contributed by atoms with E-state index >= 15 is 0 Å². The molecule has 1 heteroatoms. The van der Waals surface area contributed by atoms with Crippen LogP contribution in [-0.2, 0) is 0 Å². The standard InChI is InChI=1S/C10H18S/c1-5-9(2,3)6-10(4)7-11-8-10/h5H,1,6-8H2,2-4H3. The summed E-state index contributed by atoms with van der Waals surface area (Å²) in [5, 5.41) is 0. The van der Waals surface area contributed by atoms with Gasteiger partial charge < -0.3 is 0 Å². The monoisotopic (exact) mass is 170 g/mol. The van der Waals surface area contributed by atoms with Crippen molar-refractivity contribution in [2.45, 2.75) is 27.2 Å². The maximum atomic E-state index is 3.87. The van der Waals surface area contributed by atoms with Crippen LogP contribution in [0.1, 0.15) is 27.2 Å². The van der Waals surface area contributed by atoms with Crippen molar-refractivity contribution in [1.82, 2.24) is 0 Å². The molecule has 1 rings (SSSR count). The van der Waals surface area contributed by atoms with E-state index in [1.165, 1.54) is 17.9 Å². The lowest BCUT2D eigenvalue weighted by Crippen LogP contribution is -2.36. The van der Waals surface area contributed by atoms with Gasteiger partial charge in [-0.15, -0.1) is 6.58 Å². The van der Waals surface area contributed by atoms with Crippen molar-refractivity contribution < 1.29 is 0 Å². The van der Waals surface area contributed by atoms with Gasteiger partial charge in [0.15, 0.2) is 0 Å². The maximum Gasteiger partial charge on any atom is -0.000503 e. The molecule has 0 amide bonds. The van der Waals surface area contributed by atoms with Crippen molar-refractivity contribution in [2.75, 3.05) is 11.5 Å². The molecule has 1 saturated heterocycles. The summed E-state index contributed by atoms with van der Waals surface area (Å²) < 4.78 is 0. The Bertz CT molecular complexity index is 154. The molecule has 0 aromatic carbocycles. The summed E-state index contributed by atoms with van der Waals surface area (Å²) in [5.74, 6) is 2.68. The Kier molecular flexibility index (Phi) is 2.38. The molecule has 0 unspecified atom stereocenters. The van der Waals surface area contributed by atoms with Gasteiger partial charge in [0.05, 0.1) is 0 Å². The fourth-order valence-electron chi connectivity index (χ4n) is 1.72. The van der Waals surface area contributed by atoms with E-state index in [1.807, 2.05) is 0 Å². The second-order valence-electron chi connectivity index (χ2n) is 4.67. The van der Waals surface area contributed by atoms with E-state index in [-0.39, 0.29) is 0 Å². The second-order valence-corrected chi connectivity index (χ2v) is 5.66. The molecule has 0 N–H and O–H groups in total. The summed E-state index contributed by atoms with van der Waals surface area (Å²) in [4.78, 5) is 0. The fourth-order valence-corrected chi connectivity index (χ4v) is 2.83. The maximum absolute atomic E-state index is 3.87. The van der Waals surface area contributed by atoms with E-state index in [2.05, 4.69) is 45.2 Å². The van der Waals surface area contributed by atoms with Crippen LogP contribution in [0.5, 0.6) is 0 Å². The molecular weight excluding hydrogens is 152 g/mol. The Morgan fingerprint density at radius 1 is 1.55 bits per heavy atom. The molecular formula is C10H18S. The summed E-state index contributed by atoms with van der Waals surface area (Å²) in [7, 11) is 0. The summed E-state index contributed by atoms with van der Waals surface area (Å²) in [5.41, 5.74) is 0.929. The molecule has 1 aliphatic heterocycles. The molecule has 0 spiro atoms. The van der Waals surface area contributed by atoms with Gasteiger partial charge >= 0.3 is 0 Å². The van der Waals surface area contributed by atoms with Crippen molar-refractivity contribution in [3.63, 3.8) is 0 Å². The van der Waals surface area contributed by atoms with E-state index in [9.17, 15) is 0 Å². The molecule has 0 radical (unpaired) electrons. The normalized spacial score (nSPS) is 22.5. The van der Waals surface area contributed by atoms with Gasteiger partial charge in [-0.1, -0.05) is 26.8 Å². The summed E-state index contributed by atoms with van der Waals surface area (Å²) in [6.07, 6.45) is 3.37. The lowest BCUT2D eigenvalue weighted by atomic mass is 9.76. The highest BCUT2D eigenvalue weighted by atomic mass is 32.2. The van der Waals surface area contributed by atoms with Gasteiger partial charge in [-0.05, 0) is 28.8 Å². The third-order valence-corrected chi connectivity index (χ3v) is 4.14. The molecule has 0 saturated carbocycles. The van der Waals surface area contributed by atoms with Crippen LogP contribution in [0.15, 0.2) is 12.7 Å². The summed E-state index contributed by atoms with van der Waals surface area (Å²) in [6.45, 7) is 10.8. The van der Waals surface area contributed by atoms with E-state index in [4.69, 9.17) is 0 Å². The predicted molar refractivity (Wildman–Crippen MR) is 54.0 cm³/mol. The number of allylic oxidation sites excluding steroid dienone is 1. The van der Waals surface area contributed by atoms with Gasteiger partial charge in [0, 0.05) is 0 Å². The lowest BCUT2D eigenvalue weighted by Gasteiger charge is -2.42. The first-order chi connectivity index (χ1) is 4.97. The SMILES string of the molecule is C=CC(C)(C)CC1(C)CSC1. The third kappa shape index (κ3) is 2.26. The Morgan fingerprint density at radius 3 is 2.36 bits per heavy atom. The highest BCUT2D eigenvalue weighted by Gasteiger charge is 2.36. The highest BCUT2D eigenvalue weighted by molar-refractivity contribution is 8.00. The van der Waals surface area contributed by atoms with Gasteiger partial charge in [-0.3, -0.25) is 0 Å². The number of hydrogen-bond donors (Lipinski definition) is 0. The Hall–Kier alpha value is 0.0900. The van der Waals surface area contributed by atoms with Crippen molar-refractivity contribution in [1.29, 1.82) is 0 Å². The molecule has 0 bridgehead atoms. The molecule has 64 valence electrons. The zero-order valence-electron chi connectivity index (χ0n) is 7.81. The molecule has 0 atom stereocenters. The van der Waals surface area contributed by atoms with Gasteiger partial charge in [-0.2, -0.15) is 11.8 Å². The van der Waals surface area contributed by atoms with E-state index in [1.54, 1.807) is 0 Å². The van der Waals surface area contributed by atoms with Crippen LogP contribution in [0.3, 0.4) is 0 Å². The van der Waals surface area contributed by atoms with Crippen LogP contribution in [0.2, 0.25) is 0 Å². The topological polar surface area (TPSA) is 0 Å². The molecule has 0 aromatic rings. The van der Waals surface area contributed by atoms with Crippen molar-refractivity contribution >= 4 is 11.8 Å². The van der Waals surface area contributed by atoms with Crippen LogP contribution in [0.4, 0.5) is 0 Å². The first-order valence-corrected chi connectivity index (χ1v) is 5.34. The molecule has 0 nitrogen and oxygen atoms in total. The van der Waals surface area contributed by atoms with Crippen molar-refractivity contribution in [3.05, 3.63) is 12.7 Å². The van der Waals surface area contributed by atoms with E-state index in [0.29, 0.717) is 10.8 Å². The minimum absolute atomic E-state index is 0.329. The third-order valence-electron chi connectivity index (χ3n) is 2.34. The Labute approximate surface area is 74.5 Å². The highest BCUT2D eigenvalue weighted by Crippen LogP contribution is 2.45. The summed E-state index contributed by atoms with van der Waals surface area (Å²) >= 11 is 2.06. The molecule has 0 aromatic heterocycles. The average Bonchev–Trinajstić information content (AvgIpc) is 1.84. The van der Waals surface area contributed by atoms with Gasteiger partial charge in [0.1, 0.15) is 0 Å². The van der Waals surface area contributed by atoms with Gasteiger partial charge in [0.25, 0.3) is 0 Å². The van der Waals surface area contributed by atoms with Gasteiger partial charge in [0.2, 0.25) is 0 Å². The lowest BCUT2D eigenvalue weighted by molar-refractivity contribution is 0.260. The minimum Gasteiger partial charge on any atom is -0.161 e. The average molecular weight is 170 g/mol. The molecule has 1 heterocycles. The van der Waals surface area contributed by atoms with Crippen LogP contribution in [0.25, 0.3) is 0 Å². The molecule has 11 heavy (non-hydrogen) atoms. The predicted octanol–water partition coefficient (Wildman–Crippen LogP) is 3.34. The molecule has 0 aliphatic carbocycles. The van der Waals surface area contributed by atoms with Crippen LogP contribution in [-0.4, -0.2) is 11.5 Å².